The van der Waals surface area contributed by atoms with Gasteiger partial charge in [-0.25, -0.2) is 0 Å². The predicted octanol–water partition coefficient (Wildman–Crippen LogP) is 2.00. The fourth-order valence-electron chi connectivity index (χ4n) is 3.15. The molecule has 0 heterocycles. The van der Waals surface area contributed by atoms with Crippen LogP contribution >= 0.6 is 0 Å². The lowest BCUT2D eigenvalue weighted by atomic mass is 9.75. The normalized spacial score (nSPS) is 12.7. The minimum atomic E-state index is -1.73. The van der Waals surface area contributed by atoms with Crippen molar-refractivity contribution in [3.8, 4) is 0 Å². The van der Waals surface area contributed by atoms with Crippen molar-refractivity contribution < 1.29 is 24.6 Å². The van der Waals surface area contributed by atoms with Gasteiger partial charge in [-0.15, -0.1) is 0 Å². The van der Waals surface area contributed by atoms with E-state index in [0.29, 0.717) is 17.5 Å². The SMILES string of the molecule is CC(C)C[C@H](NC(=O)CC(NC(=O)c1ccccc1)c1cccc([N+](=O)[O-])c1)B(O)O. The standard InChI is InChI=1S/C21H26BN3O6/c1-14(2)11-19(22(28)29)24-20(26)13-18(16-9-6-10-17(12-16)25(30)31)23-21(27)15-7-4-3-5-8-15/h3-10,12,14,18-19,28-29H,11,13H2,1-2H3,(H,23,27)(H,24,26)/t18?,19-/m0/s1. The van der Waals surface area contributed by atoms with Crippen LogP contribution in [0, 0.1) is 16.0 Å². The highest BCUT2D eigenvalue weighted by atomic mass is 16.6. The van der Waals surface area contributed by atoms with Gasteiger partial charge in [0, 0.05) is 17.7 Å². The number of nitro groups is 1. The fourth-order valence-corrected chi connectivity index (χ4v) is 3.15. The highest BCUT2D eigenvalue weighted by Gasteiger charge is 2.28. The zero-order chi connectivity index (χ0) is 23.0. The van der Waals surface area contributed by atoms with Crippen molar-refractivity contribution in [3.05, 3.63) is 75.8 Å². The van der Waals surface area contributed by atoms with Crippen molar-refractivity contribution >= 4 is 24.6 Å². The van der Waals surface area contributed by atoms with E-state index in [1.807, 2.05) is 13.8 Å². The Morgan fingerprint density at radius 1 is 1.06 bits per heavy atom. The van der Waals surface area contributed by atoms with E-state index in [4.69, 9.17) is 0 Å². The second kappa shape index (κ2) is 11.2. The highest BCUT2D eigenvalue weighted by Crippen LogP contribution is 2.23. The number of nitrogens with one attached hydrogen (secondary N) is 2. The molecule has 0 saturated heterocycles. The molecule has 164 valence electrons. The molecule has 9 nitrogen and oxygen atoms in total. The van der Waals surface area contributed by atoms with Crippen molar-refractivity contribution in [2.75, 3.05) is 0 Å². The van der Waals surface area contributed by atoms with Gasteiger partial charge in [0.1, 0.15) is 0 Å². The van der Waals surface area contributed by atoms with Gasteiger partial charge in [-0.3, -0.25) is 19.7 Å². The molecule has 2 aromatic rings. The Hall–Kier alpha value is -3.24. The maximum absolute atomic E-state index is 12.6. The monoisotopic (exact) mass is 427 g/mol. The summed E-state index contributed by atoms with van der Waals surface area (Å²) in [6.07, 6.45) is 0.113. The number of benzene rings is 2. The fraction of sp³-hybridized carbons (Fsp3) is 0.333. The Labute approximate surface area is 180 Å². The molecule has 0 bridgehead atoms. The second-order valence-corrected chi connectivity index (χ2v) is 7.67. The molecule has 0 aliphatic rings. The third kappa shape index (κ3) is 7.51. The summed E-state index contributed by atoms with van der Waals surface area (Å²) >= 11 is 0. The number of hydrogen-bond acceptors (Lipinski definition) is 6. The summed E-state index contributed by atoms with van der Waals surface area (Å²) in [4.78, 5) is 35.9. The van der Waals surface area contributed by atoms with Crippen LogP contribution in [0.15, 0.2) is 54.6 Å². The molecule has 2 amide bonds. The van der Waals surface area contributed by atoms with E-state index in [-0.39, 0.29) is 18.0 Å². The maximum atomic E-state index is 12.6. The van der Waals surface area contributed by atoms with Crippen molar-refractivity contribution in [2.45, 2.75) is 38.7 Å². The average Bonchev–Trinajstić information content (AvgIpc) is 2.73. The van der Waals surface area contributed by atoms with Crippen LogP contribution in [0.2, 0.25) is 0 Å². The van der Waals surface area contributed by atoms with Crippen LogP contribution in [0.4, 0.5) is 5.69 Å². The summed E-state index contributed by atoms with van der Waals surface area (Å²) in [6, 6.07) is 13.2. The van der Waals surface area contributed by atoms with E-state index in [0.717, 1.165) is 0 Å². The Balaban J connectivity index is 2.24. The Morgan fingerprint density at radius 2 is 1.74 bits per heavy atom. The van der Waals surface area contributed by atoms with Crippen LogP contribution in [0.3, 0.4) is 0 Å². The molecule has 0 fully saturated rings. The van der Waals surface area contributed by atoms with Gasteiger partial charge in [0.2, 0.25) is 5.91 Å². The van der Waals surface area contributed by atoms with Crippen molar-refractivity contribution in [1.29, 1.82) is 0 Å². The summed E-state index contributed by atoms with van der Waals surface area (Å²) in [5.74, 6) is -1.73. The zero-order valence-corrected chi connectivity index (χ0v) is 17.4. The molecular formula is C21H26BN3O6. The van der Waals surface area contributed by atoms with Gasteiger partial charge < -0.3 is 20.7 Å². The molecule has 10 heteroatoms. The molecule has 0 aliphatic heterocycles. The topological polar surface area (TPSA) is 142 Å². The van der Waals surface area contributed by atoms with Gasteiger partial charge in [-0.2, -0.15) is 0 Å². The molecule has 2 aromatic carbocycles. The van der Waals surface area contributed by atoms with Crippen LogP contribution < -0.4 is 10.6 Å². The second-order valence-electron chi connectivity index (χ2n) is 7.67. The van der Waals surface area contributed by atoms with Crippen molar-refractivity contribution in [2.24, 2.45) is 5.92 Å². The lowest BCUT2D eigenvalue weighted by Gasteiger charge is -2.23. The molecule has 4 N–H and O–H groups in total. The zero-order valence-electron chi connectivity index (χ0n) is 17.4. The van der Waals surface area contributed by atoms with E-state index in [9.17, 15) is 29.8 Å². The van der Waals surface area contributed by atoms with E-state index in [1.54, 1.807) is 36.4 Å². The molecule has 0 aromatic heterocycles. The quantitative estimate of drug-likeness (QED) is 0.260. The summed E-state index contributed by atoms with van der Waals surface area (Å²) in [7, 11) is -1.73. The number of carbonyl (C=O) groups excluding carboxylic acids is 2. The molecule has 0 aliphatic carbocycles. The average molecular weight is 427 g/mol. The smallest absolute Gasteiger partial charge is 0.426 e. The van der Waals surface area contributed by atoms with Crippen LogP contribution in [-0.2, 0) is 4.79 Å². The number of non-ortho nitro benzene ring substituents is 1. The van der Waals surface area contributed by atoms with Crippen molar-refractivity contribution in [1.82, 2.24) is 10.6 Å². The van der Waals surface area contributed by atoms with Crippen LogP contribution in [-0.4, -0.2) is 39.8 Å². The highest BCUT2D eigenvalue weighted by molar-refractivity contribution is 6.43. The van der Waals surface area contributed by atoms with Gasteiger partial charge in [-0.1, -0.05) is 44.2 Å². The van der Waals surface area contributed by atoms with E-state index in [2.05, 4.69) is 10.6 Å². The van der Waals surface area contributed by atoms with Gasteiger partial charge >= 0.3 is 7.12 Å². The van der Waals surface area contributed by atoms with Gasteiger partial charge in [0.25, 0.3) is 11.6 Å². The van der Waals surface area contributed by atoms with Gasteiger partial charge in [0.15, 0.2) is 0 Å². The summed E-state index contributed by atoms with van der Waals surface area (Å²) < 4.78 is 0. The Morgan fingerprint density at radius 3 is 2.32 bits per heavy atom. The summed E-state index contributed by atoms with van der Waals surface area (Å²) in [5, 5.41) is 35.6. The lowest BCUT2D eigenvalue weighted by molar-refractivity contribution is -0.384. The van der Waals surface area contributed by atoms with Gasteiger partial charge in [0.05, 0.1) is 23.3 Å². The van der Waals surface area contributed by atoms with E-state index in [1.165, 1.54) is 18.2 Å². The number of carbonyl (C=O) groups is 2. The Kier molecular flexibility index (Phi) is 8.71. The minimum absolute atomic E-state index is 0.109. The predicted molar refractivity (Wildman–Crippen MR) is 116 cm³/mol. The molecule has 0 radical (unpaired) electrons. The van der Waals surface area contributed by atoms with Crippen molar-refractivity contribution in [3.63, 3.8) is 0 Å². The number of hydrogen-bond donors (Lipinski definition) is 4. The first-order chi connectivity index (χ1) is 14.7. The first-order valence-corrected chi connectivity index (χ1v) is 9.93. The van der Waals surface area contributed by atoms with Crippen LogP contribution in [0.25, 0.3) is 0 Å². The molecule has 0 spiro atoms. The van der Waals surface area contributed by atoms with Gasteiger partial charge in [-0.05, 0) is 30.0 Å². The largest absolute Gasteiger partial charge is 0.475 e. The third-order valence-electron chi connectivity index (χ3n) is 4.65. The molecule has 0 saturated carbocycles. The molecule has 1 unspecified atom stereocenters. The first-order valence-electron chi connectivity index (χ1n) is 9.93. The first kappa shape index (κ1) is 24.0. The number of nitrogens with zero attached hydrogens (tertiary/aromatic N) is 1. The Bertz CT molecular complexity index is 907. The number of nitro benzene ring substituents is 1. The van der Waals surface area contributed by atoms with Crippen LogP contribution in [0.5, 0.6) is 0 Å². The lowest BCUT2D eigenvalue weighted by Crippen LogP contribution is -2.48. The van der Waals surface area contributed by atoms with E-state index >= 15 is 0 Å². The van der Waals surface area contributed by atoms with Crippen LogP contribution in [0.1, 0.15) is 48.7 Å². The summed E-state index contributed by atoms with van der Waals surface area (Å²) in [6.45, 7) is 3.76. The number of rotatable bonds is 10. The molecule has 31 heavy (non-hydrogen) atoms. The minimum Gasteiger partial charge on any atom is -0.426 e. The summed E-state index contributed by atoms with van der Waals surface area (Å²) in [5.41, 5.74) is 0.598. The van der Waals surface area contributed by atoms with E-state index < -0.39 is 35.8 Å². The molecule has 2 rings (SSSR count). The number of amides is 2. The molecular weight excluding hydrogens is 401 g/mol. The third-order valence-corrected chi connectivity index (χ3v) is 4.65. The maximum Gasteiger partial charge on any atom is 0.475 e. The molecule has 2 atom stereocenters.